The number of hydrogen-bond donors (Lipinski definition) is 1. The summed E-state index contributed by atoms with van der Waals surface area (Å²) in [6, 6.07) is 8.17. The molecule has 1 aliphatic carbocycles. The molecule has 3 heteroatoms. The lowest BCUT2D eigenvalue weighted by atomic mass is 9.81. The standard InChI is InChI=1S/C17H23N3/c1-13-5-4-6-14(11-13)9-10-18-17-15-7-2-3-8-16(15)19-12-20-17/h2-3,7-8,12-14H,4-6,9-11H2,1H3,(H,18,19,20). The van der Waals surface area contributed by atoms with Crippen LogP contribution in [0, 0.1) is 11.8 Å². The summed E-state index contributed by atoms with van der Waals surface area (Å²) in [7, 11) is 0. The molecule has 2 atom stereocenters. The smallest absolute Gasteiger partial charge is 0.137 e. The first-order valence-electron chi connectivity index (χ1n) is 7.76. The number of hydrogen-bond acceptors (Lipinski definition) is 3. The molecule has 106 valence electrons. The second kappa shape index (κ2) is 6.21. The van der Waals surface area contributed by atoms with Crippen LogP contribution in [0.15, 0.2) is 30.6 Å². The summed E-state index contributed by atoms with van der Waals surface area (Å²) < 4.78 is 0. The quantitative estimate of drug-likeness (QED) is 0.901. The van der Waals surface area contributed by atoms with Crippen LogP contribution < -0.4 is 5.32 Å². The maximum Gasteiger partial charge on any atom is 0.137 e. The third-order valence-electron chi connectivity index (χ3n) is 4.43. The first-order chi connectivity index (χ1) is 9.83. The summed E-state index contributed by atoms with van der Waals surface area (Å²) in [6.45, 7) is 3.40. The number of aromatic nitrogens is 2. The lowest BCUT2D eigenvalue weighted by Gasteiger charge is -2.26. The van der Waals surface area contributed by atoms with Crippen molar-refractivity contribution in [3.63, 3.8) is 0 Å². The zero-order valence-electron chi connectivity index (χ0n) is 12.2. The minimum atomic E-state index is 0.888. The number of anilines is 1. The fourth-order valence-corrected chi connectivity index (χ4v) is 3.36. The summed E-state index contributed by atoms with van der Waals surface area (Å²) in [4.78, 5) is 8.68. The number of nitrogens with one attached hydrogen (secondary N) is 1. The Morgan fingerprint density at radius 1 is 1.20 bits per heavy atom. The SMILES string of the molecule is CC1CCCC(CCNc2ncnc3ccccc23)C1. The van der Waals surface area contributed by atoms with Gasteiger partial charge in [0, 0.05) is 11.9 Å². The van der Waals surface area contributed by atoms with Gasteiger partial charge in [0.15, 0.2) is 0 Å². The minimum absolute atomic E-state index is 0.888. The first kappa shape index (κ1) is 13.3. The van der Waals surface area contributed by atoms with Crippen molar-refractivity contribution in [3.05, 3.63) is 30.6 Å². The van der Waals surface area contributed by atoms with E-state index in [0.717, 1.165) is 35.1 Å². The molecule has 20 heavy (non-hydrogen) atoms. The topological polar surface area (TPSA) is 37.8 Å². The van der Waals surface area contributed by atoms with Crippen molar-refractivity contribution >= 4 is 16.7 Å². The highest BCUT2D eigenvalue weighted by atomic mass is 15.0. The van der Waals surface area contributed by atoms with Gasteiger partial charge in [-0.2, -0.15) is 0 Å². The Hall–Kier alpha value is -1.64. The highest BCUT2D eigenvalue weighted by Crippen LogP contribution is 2.30. The van der Waals surface area contributed by atoms with Gasteiger partial charge in [-0.25, -0.2) is 9.97 Å². The maximum atomic E-state index is 4.38. The van der Waals surface area contributed by atoms with Crippen LogP contribution in [0.1, 0.15) is 39.0 Å². The van der Waals surface area contributed by atoms with Gasteiger partial charge in [0.1, 0.15) is 12.1 Å². The predicted molar refractivity (Wildman–Crippen MR) is 83.8 cm³/mol. The molecule has 2 aromatic rings. The van der Waals surface area contributed by atoms with E-state index in [1.165, 1.54) is 32.1 Å². The molecule has 1 saturated carbocycles. The molecule has 1 aromatic carbocycles. The van der Waals surface area contributed by atoms with Crippen molar-refractivity contribution < 1.29 is 0 Å². The van der Waals surface area contributed by atoms with Gasteiger partial charge in [-0.15, -0.1) is 0 Å². The van der Waals surface area contributed by atoms with Crippen molar-refractivity contribution in [2.45, 2.75) is 39.0 Å². The number of para-hydroxylation sites is 1. The van der Waals surface area contributed by atoms with E-state index < -0.39 is 0 Å². The molecule has 3 rings (SSSR count). The number of fused-ring (bicyclic) bond motifs is 1. The average Bonchev–Trinajstić information content (AvgIpc) is 2.48. The lowest BCUT2D eigenvalue weighted by molar-refractivity contribution is 0.274. The van der Waals surface area contributed by atoms with Crippen molar-refractivity contribution in [2.24, 2.45) is 11.8 Å². The monoisotopic (exact) mass is 269 g/mol. The highest BCUT2D eigenvalue weighted by molar-refractivity contribution is 5.88. The molecule has 1 N–H and O–H groups in total. The lowest BCUT2D eigenvalue weighted by Crippen LogP contribution is -2.17. The molecule has 0 bridgehead atoms. The Morgan fingerprint density at radius 3 is 3.00 bits per heavy atom. The van der Waals surface area contributed by atoms with Crippen LogP contribution in [0.5, 0.6) is 0 Å². The normalized spacial score (nSPS) is 22.9. The molecule has 2 unspecified atom stereocenters. The second-order valence-electron chi connectivity index (χ2n) is 6.09. The summed E-state index contributed by atoms with van der Waals surface area (Å²) in [5.41, 5.74) is 1.01. The van der Waals surface area contributed by atoms with Gasteiger partial charge < -0.3 is 5.32 Å². The van der Waals surface area contributed by atoms with E-state index in [0.29, 0.717) is 0 Å². The second-order valence-corrected chi connectivity index (χ2v) is 6.09. The van der Waals surface area contributed by atoms with E-state index in [1.54, 1.807) is 6.33 Å². The fraction of sp³-hybridized carbons (Fsp3) is 0.529. The largest absolute Gasteiger partial charge is 0.369 e. The van der Waals surface area contributed by atoms with E-state index in [2.05, 4.69) is 28.3 Å². The fourth-order valence-electron chi connectivity index (χ4n) is 3.36. The first-order valence-corrected chi connectivity index (χ1v) is 7.76. The van der Waals surface area contributed by atoms with Gasteiger partial charge in [-0.05, 0) is 36.8 Å². The van der Waals surface area contributed by atoms with Crippen LogP contribution in [-0.2, 0) is 0 Å². The molecule has 1 aliphatic rings. The van der Waals surface area contributed by atoms with E-state index in [1.807, 2.05) is 18.2 Å². The van der Waals surface area contributed by atoms with E-state index >= 15 is 0 Å². The van der Waals surface area contributed by atoms with Crippen LogP contribution in [0.3, 0.4) is 0 Å². The van der Waals surface area contributed by atoms with Crippen molar-refractivity contribution in [3.8, 4) is 0 Å². The summed E-state index contributed by atoms with van der Waals surface area (Å²) in [5.74, 6) is 2.77. The molecule has 0 radical (unpaired) electrons. The third-order valence-corrected chi connectivity index (χ3v) is 4.43. The third kappa shape index (κ3) is 3.09. The summed E-state index contributed by atoms with van der Waals surface area (Å²) in [6.07, 6.45) is 8.52. The van der Waals surface area contributed by atoms with Crippen LogP contribution in [0.2, 0.25) is 0 Å². The average molecular weight is 269 g/mol. The van der Waals surface area contributed by atoms with Crippen LogP contribution in [0.4, 0.5) is 5.82 Å². The van der Waals surface area contributed by atoms with Gasteiger partial charge in [0.2, 0.25) is 0 Å². The Bertz CT molecular complexity index is 562. The molecule has 0 saturated heterocycles. The molecular weight excluding hydrogens is 246 g/mol. The maximum absolute atomic E-state index is 4.38. The molecule has 1 heterocycles. The van der Waals surface area contributed by atoms with Crippen LogP contribution in [0.25, 0.3) is 10.9 Å². The van der Waals surface area contributed by atoms with Gasteiger partial charge >= 0.3 is 0 Å². The predicted octanol–water partition coefficient (Wildman–Crippen LogP) is 4.26. The van der Waals surface area contributed by atoms with E-state index in [9.17, 15) is 0 Å². The molecule has 0 amide bonds. The highest BCUT2D eigenvalue weighted by Gasteiger charge is 2.18. The van der Waals surface area contributed by atoms with Crippen LogP contribution >= 0.6 is 0 Å². The van der Waals surface area contributed by atoms with Gasteiger partial charge in [-0.1, -0.05) is 38.3 Å². The molecule has 3 nitrogen and oxygen atoms in total. The summed E-state index contributed by atoms with van der Waals surface area (Å²) >= 11 is 0. The van der Waals surface area contributed by atoms with Gasteiger partial charge in [0.25, 0.3) is 0 Å². The van der Waals surface area contributed by atoms with Gasteiger partial charge in [0.05, 0.1) is 5.52 Å². The molecule has 0 spiro atoms. The zero-order chi connectivity index (χ0) is 13.8. The minimum Gasteiger partial charge on any atom is -0.369 e. The Kier molecular flexibility index (Phi) is 4.14. The zero-order valence-corrected chi connectivity index (χ0v) is 12.2. The molecule has 1 fully saturated rings. The Balaban J connectivity index is 1.60. The molecular formula is C17H23N3. The van der Waals surface area contributed by atoms with E-state index in [-0.39, 0.29) is 0 Å². The van der Waals surface area contributed by atoms with E-state index in [4.69, 9.17) is 0 Å². The van der Waals surface area contributed by atoms with Crippen molar-refractivity contribution in [2.75, 3.05) is 11.9 Å². The van der Waals surface area contributed by atoms with Crippen LogP contribution in [-0.4, -0.2) is 16.5 Å². The summed E-state index contributed by atoms with van der Waals surface area (Å²) in [5, 5.41) is 4.62. The number of nitrogens with zero attached hydrogens (tertiary/aromatic N) is 2. The van der Waals surface area contributed by atoms with Crippen molar-refractivity contribution in [1.29, 1.82) is 0 Å². The molecule has 1 aromatic heterocycles. The number of benzene rings is 1. The Labute approximate surface area is 120 Å². The van der Waals surface area contributed by atoms with Gasteiger partial charge in [-0.3, -0.25) is 0 Å². The van der Waals surface area contributed by atoms with Crippen molar-refractivity contribution in [1.82, 2.24) is 9.97 Å². The molecule has 0 aliphatic heterocycles. The Morgan fingerprint density at radius 2 is 2.10 bits per heavy atom. The number of rotatable bonds is 4.